The van der Waals surface area contributed by atoms with Crippen molar-refractivity contribution in [3.05, 3.63) is 77.1 Å². The molecule has 0 amide bonds. The summed E-state index contributed by atoms with van der Waals surface area (Å²) < 4.78 is 0. The molecule has 5 rings (SSSR count). The van der Waals surface area contributed by atoms with E-state index in [1.807, 2.05) is 12.2 Å². The average Bonchev–Trinajstić information content (AvgIpc) is 3.35. The standard InChI is InChI=1S/C24H28N6/c1-2-7-20(8-3-1)22-16-23(22)25-21-11-13-30(14-12-21)17-19-6-4-5-18(15-19)9-10-24-26-28-29-27-24/h1-10,15,21-23,25H,11-14,16-17H2,(H,26,27,28,29). The van der Waals surface area contributed by atoms with E-state index < -0.39 is 0 Å². The van der Waals surface area contributed by atoms with Crippen LogP contribution in [0.5, 0.6) is 0 Å². The van der Waals surface area contributed by atoms with E-state index in [-0.39, 0.29) is 0 Å². The summed E-state index contributed by atoms with van der Waals surface area (Å²) in [5.41, 5.74) is 4.00. The van der Waals surface area contributed by atoms with E-state index in [0.717, 1.165) is 25.2 Å². The Hall–Kier alpha value is -2.83. The summed E-state index contributed by atoms with van der Waals surface area (Å²) in [6.45, 7) is 3.32. The SMILES string of the molecule is C(=Cc1nn[nH]n1)c1cccc(CN2CCC(NC3CC3c3ccccc3)CC2)c1. The molecule has 2 unspecified atom stereocenters. The van der Waals surface area contributed by atoms with Crippen molar-refractivity contribution in [1.29, 1.82) is 0 Å². The molecule has 6 heteroatoms. The van der Waals surface area contributed by atoms with Gasteiger partial charge in [-0.1, -0.05) is 60.7 Å². The number of benzene rings is 2. The summed E-state index contributed by atoms with van der Waals surface area (Å²) in [7, 11) is 0. The number of piperidine rings is 1. The molecule has 2 atom stereocenters. The number of nitrogens with zero attached hydrogens (tertiary/aromatic N) is 4. The van der Waals surface area contributed by atoms with Crippen LogP contribution in [0.15, 0.2) is 54.6 Å². The first-order chi connectivity index (χ1) is 14.8. The van der Waals surface area contributed by atoms with Crippen molar-refractivity contribution in [3.63, 3.8) is 0 Å². The maximum absolute atomic E-state index is 3.95. The molecule has 0 spiro atoms. The maximum Gasteiger partial charge on any atom is 0.197 e. The van der Waals surface area contributed by atoms with Crippen LogP contribution in [-0.4, -0.2) is 50.7 Å². The van der Waals surface area contributed by atoms with E-state index in [4.69, 9.17) is 0 Å². The number of nitrogens with one attached hydrogen (secondary N) is 2. The van der Waals surface area contributed by atoms with E-state index in [2.05, 4.69) is 85.4 Å². The van der Waals surface area contributed by atoms with E-state index in [1.54, 1.807) is 0 Å². The van der Waals surface area contributed by atoms with Gasteiger partial charge >= 0.3 is 0 Å². The Bertz CT molecular complexity index is 960. The minimum Gasteiger partial charge on any atom is -0.311 e. The van der Waals surface area contributed by atoms with Crippen molar-refractivity contribution in [2.75, 3.05) is 13.1 Å². The zero-order valence-electron chi connectivity index (χ0n) is 17.1. The van der Waals surface area contributed by atoms with Crippen LogP contribution in [0.4, 0.5) is 0 Å². The van der Waals surface area contributed by atoms with Gasteiger partial charge in [0, 0.05) is 24.5 Å². The van der Waals surface area contributed by atoms with Gasteiger partial charge in [-0.05, 0) is 60.3 Å². The highest BCUT2D eigenvalue weighted by atomic mass is 15.5. The van der Waals surface area contributed by atoms with Crippen LogP contribution in [0.2, 0.25) is 0 Å². The quantitative estimate of drug-likeness (QED) is 0.635. The van der Waals surface area contributed by atoms with E-state index in [0.29, 0.717) is 23.8 Å². The molecular formula is C24H28N6. The van der Waals surface area contributed by atoms with E-state index in [9.17, 15) is 0 Å². The number of likely N-dealkylation sites (tertiary alicyclic amines) is 1. The van der Waals surface area contributed by atoms with Gasteiger partial charge in [0.25, 0.3) is 0 Å². The molecule has 3 aromatic rings. The molecule has 1 saturated heterocycles. The van der Waals surface area contributed by atoms with Crippen molar-refractivity contribution in [2.45, 2.75) is 43.8 Å². The highest BCUT2D eigenvalue weighted by molar-refractivity contribution is 5.66. The number of aromatic nitrogens is 4. The monoisotopic (exact) mass is 400 g/mol. The average molecular weight is 401 g/mol. The van der Waals surface area contributed by atoms with Gasteiger partial charge < -0.3 is 5.32 Å². The highest BCUT2D eigenvalue weighted by Gasteiger charge is 2.39. The van der Waals surface area contributed by atoms with Gasteiger partial charge in [0.15, 0.2) is 5.82 Å². The van der Waals surface area contributed by atoms with Gasteiger partial charge in [-0.3, -0.25) is 4.90 Å². The molecule has 2 aliphatic rings. The summed E-state index contributed by atoms with van der Waals surface area (Å²) in [6.07, 6.45) is 7.66. The predicted molar refractivity (Wildman–Crippen MR) is 119 cm³/mol. The third-order valence-corrected chi connectivity index (χ3v) is 6.20. The molecule has 6 nitrogen and oxygen atoms in total. The van der Waals surface area contributed by atoms with Crippen LogP contribution < -0.4 is 5.32 Å². The lowest BCUT2D eigenvalue weighted by Crippen LogP contribution is -2.43. The van der Waals surface area contributed by atoms with Gasteiger partial charge in [0.1, 0.15) is 0 Å². The molecule has 2 N–H and O–H groups in total. The minimum absolute atomic E-state index is 0.597. The zero-order valence-corrected chi connectivity index (χ0v) is 17.1. The number of aromatic amines is 1. The molecule has 1 saturated carbocycles. The molecular weight excluding hydrogens is 372 g/mol. The minimum atomic E-state index is 0.597. The van der Waals surface area contributed by atoms with Crippen molar-refractivity contribution in [1.82, 2.24) is 30.8 Å². The third-order valence-electron chi connectivity index (χ3n) is 6.20. The largest absolute Gasteiger partial charge is 0.311 e. The van der Waals surface area contributed by atoms with Gasteiger partial charge in [0.05, 0.1) is 0 Å². The second-order valence-electron chi connectivity index (χ2n) is 8.42. The number of H-pyrrole nitrogens is 1. The molecule has 30 heavy (non-hydrogen) atoms. The number of tetrazole rings is 1. The van der Waals surface area contributed by atoms with Gasteiger partial charge in [0.2, 0.25) is 0 Å². The van der Waals surface area contributed by atoms with Crippen LogP contribution in [0.1, 0.15) is 47.7 Å². The van der Waals surface area contributed by atoms with Crippen LogP contribution in [-0.2, 0) is 6.54 Å². The van der Waals surface area contributed by atoms with Crippen molar-refractivity contribution < 1.29 is 0 Å². The van der Waals surface area contributed by atoms with Gasteiger partial charge in [-0.25, -0.2) is 0 Å². The first kappa shape index (κ1) is 19.2. The lowest BCUT2D eigenvalue weighted by molar-refractivity contribution is 0.189. The Labute approximate surface area is 177 Å². The summed E-state index contributed by atoms with van der Waals surface area (Å²) in [5.74, 6) is 1.31. The molecule has 1 aromatic heterocycles. The predicted octanol–water partition coefficient (Wildman–Crippen LogP) is 3.48. The van der Waals surface area contributed by atoms with Crippen LogP contribution in [0.3, 0.4) is 0 Å². The third kappa shape index (κ3) is 4.83. The van der Waals surface area contributed by atoms with Crippen LogP contribution >= 0.6 is 0 Å². The summed E-state index contributed by atoms with van der Waals surface area (Å²) >= 11 is 0. The van der Waals surface area contributed by atoms with Crippen LogP contribution in [0, 0.1) is 0 Å². The Morgan fingerprint density at radius 2 is 1.90 bits per heavy atom. The molecule has 2 fully saturated rings. The Morgan fingerprint density at radius 3 is 2.70 bits per heavy atom. The molecule has 1 aliphatic carbocycles. The zero-order chi connectivity index (χ0) is 20.2. The Morgan fingerprint density at radius 1 is 1.03 bits per heavy atom. The molecule has 154 valence electrons. The van der Waals surface area contributed by atoms with Crippen LogP contribution in [0.25, 0.3) is 12.2 Å². The normalized spacial score (nSPS) is 22.5. The summed E-state index contributed by atoms with van der Waals surface area (Å²) in [6, 6.07) is 20.9. The van der Waals surface area contributed by atoms with Gasteiger partial charge in [-0.15, -0.1) is 10.2 Å². The fourth-order valence-corrected chi connectivity index (χ4v) is 4.47. The molecule has 2 aromatic carbocycles. The van der Waals surface area contributed by atoms with Crippen molar-refractivity contribution in [2.24, 2.45) is 0 Å². The van der Waals surface area contributed by atoms with Gasteiger partial charge in [-0.2, -0.15) is 5.21 Å². The highest BCUT2D eigenvalue weighted by Crippen LogP contribution is 2.41. The first-order valence-corrected chi connectivity index (χ1v) is 10.9. The Balaban J connectivity index is 1.09. The molecule has 2 heterocycles. The second kappa shape index (κ2) is 8.90. The summed E-state index contributed by atoms with van der Waals surface area (Å²) in [4.78, 5) is 2.57. The van der Waals surface area contributed by atoms with E-state index >= 15 is 0 Å². The lowest BCUT2D eigenvalue weighted by Gasteiger charge is -2.32. The topological polar surface area (TPSA) is 69.7 Å². The van der Waals surface area contributed by atoms with E-state index in [1.165, 1.54) is 30.4 Å². The smallest absolute Gasteiger partial charge is 0.197 e. The Kier molecular flexibility index (Phi) is 5.68. The molecule has 1 aliphatic heterocycles. The molecule has 0 bridgehead atoms. The number of hydrogen-bond donors (Lipinski definition) is 2. The van der Waals surface area contributed by atoms with Crippen molar-refractivity contribution in [3.8, 4) is 0 Å². The molecule has 0 radical (unpaired) electrons. The fraction of sp³-hybridized carbons (Fsp3) is 0.375. The fourth-order valence-electron chi connectivity index (χ4n) is 4.47. The number of rotatable bonds is 7. The lowest BCUT2D eigenvalue weighted by atomic mass is 10.0. The summed E-state index contributed by atoms with van der Waals surface area (Å²) in [5, 5.41) is 17.9. The number of hydrogen-bond acceptors (Lipinski definition) is 5. The maximum atomic E-state index is 3.95. The second-order valence-corrected chi connectivity index (χ2v) is 8.42. The first-order valence-electron chi connectivity index (χ1n) is 10.9. The van der Waals surface area contributed by atoms with Crippen molar-refractivity contribution >= 4 is 12.2 Å².